The Labute approximate surface area is 146 Å². The van der Waals surface area contributed by atoms with Crippen molar-refractivity contribution >= 4 is 11.8 Å². The Kier molecular flexibility index (Phi) is 4.49. The van der Waals surface area contributed by atoms with Crippen LogP contribution in [0, 0.1) is 13.8 Å². The Bertz CT molecular complexity index is 845. The first-order chi connectivity index (χ1) is 11.3. The van der Waals surface area contributed by atoms with Crippen LogP contribution in [-0.2, 0) is 11.2 Å². The minimum Gasteiger partial charge on any atom is -0.339 e. The van der Waals surface area contributed by atoms with E-state index in [0.717, 1.165) is 10.8 Å². The van der Waals surface area contributed by atoms with Crippen molar-refractivity contribution in [1.82, 2.24) is 19.7 Å². The van der Waals surface area contributed by atoms with Crippen molar-refractivity contribution in [2.45, 2.75) is 50.9 Å². The monoisotopic (exact) mass is 342 g/mol. The molecule has 2 heterocycles. The average molecular weight is 342 g/mol. The lowest BCUT2D eigenvalue weighted by Gasteiger charge is -2.10. The highest BCUT2D eigenvalue weighted by Crippen LogP contribution is 2.26. The molecule has 24 heavy (non-hydrogen) atoms. The van der Waals surface area contributed by atoms with Crippen molar-refractivity contribution in [3.05, 3.63) is 53.4 Å². The number of nitrogens with zero attached hydrogens (tertiary/aromatic N) is 4. The molecule has 0 saturated heterocycles. The predicted molar refractivity (Wildman–Crippen MR) is 95.6 cm³/mol. The molecule has 5 nitrogen and oxygen atoms in total. The van der Waals surface area contributed by atoms with Crippen molar-refractivity contribution in [3.63, 3.8) is 0 Å². The van der Waals surface area contributed by atoms with Crippen LogP contribution in [0.3, 0.4) is 0 Å². The third kappa shape index (κ3) is 3.53. The molecule has 0 aliphatic rings. The summed E-state index contributed by atoms with van der Waals surface area (Å²) in [6, 6.07) is 6.42. The van der Waals surface area contributed by atoms with Gasteiger partial charge in [0.05, 0.1) is 5.75 Å². The fourth-order valence-corrected chi connectivity index (χ4v) is 3.03. The van der Waals surface area contributed by atoms with Crippen LogP contribution < -0.4 is 0 Å². The van der Waals surface area contributed by atoms with E-state index in [1.54, 1.807) is 11.8 Å². The molecule has 2 aromatic heterocycles. The van der Waals surface area contributed by atoms with Gasteiger partial charge in [0.15, 0.2) is 11.0 Å². The molecule has 0 N–H and O–H groups in total. The minimum absolute atomic E-state index is 0.131. The van der Waals surface area contributed by atoms with E-state index in [4.69, 9.17) is 4.52 Å². The molecule has 0 aliphatic heterocycles. The van der Waals surface area contributed by atoms with Crippen LogP contribution in [0.5, 0.6) is 0 Å². The zero-order chi connectivity index (χ0) is 17.3. The first-order valence-electron chi connectivity index (χ1n) is 7.91. The lowest BCUT2D eigenvalue weighted by molar-refractivity contribution is 0.319. The highest BCUT2D eigenvalue weighted by Gasteiger charge is 2.21. The Morgan fingerprint density at radius 3 is 2.62 bits per heavy atom. The van der Waals surface area contributed by atoms with E-state index in [2.05, 4.69) is 72.5 Å². The van der Waals surface area contributed by atoms with Crippen LogP contribution in [-0.4, -0.2) is 19.7 Å². The molecule has 0 fully saturated rings. The number of rotatable bonds is 4. The summed E-state index contributed by atoms with van der Waals surface area (Å²) in [4.78, 5) is 8.93. The average Bonchev–Trinajstić information content (AvgIpc) is 3.16. The first-order valence-corrected chi connectivity index (χ1v) is 8.90. The second-order valence-electron chi connectivity index (χ2n) is 6.90. The molecular formula is C18H22N4OS. The van der Waals surface area contributed by atoms with Gasteiger partial charge in [0, 0.05) is 23.5 Å². The highest BCUT2D eigenvalue weighted by molar-refractivity contribution is 7.98. The summed E-state index contributed by atoms with van der Waals surface area (Å²) < 4.78 is 7.43. The summed E-state index contributed by atoms with van der Waals surface area (Å²) >= 11 is 1.60. The molecule has 0 atom stereocenters. The lowest BCUT2D eigenvalue weighted by Crippen LogP contribution is -2.11. The van der Waals surface area contributed by atoms with Gasteiger partial charge in [-0.1, -0.05) is 43.8 Å². The molecule has 0 unspecified atom stereocenters. The fourth-order valence-electron chi connectivity index (χ4n) is 2.21. The summed E-state index contributed by atoms with van der Waals surface area (Å²) in [6.45, 7) is 10.4. The molecule has 0 radical (unpaired) electrons. The van der Waals surface area contributed by atoms with Gasteiger partial charge in [-0.2, -0.15) is 4.98 Å². The normalized spacial score (nSPS) is 11.9. The third-order valence-corrected chi connectivity index (χ3v) is 4.78. The predicted octanol–water partition coefficient (Wildman–Crippen LogP) is 4.46. The van der Waals surface area contributed by atoms with Gasteiger partial charge in [0.25, 0.3) is 0 Å². The smallest absolute Gasteiger partial charge is 0.232 e. The van der Waals surface area contributed by atoms with Crippen molar-refractivity contribution in [3.8, 4) is 5.69 Å². The summed E-state index contributed by atoms with van der Waals surface area (Å²) in [5.74, 6) is 1.98. The van der Waals surface area contributed by atoms with Gasteiger partial charge in [-0.15, -0.1) is 0 Å². The number of hydrogen-bond acceptors (Lipinski definition) is 5. The molecule has 0 saturated carbocycles. The van der Waals surface area contributed by atoms with E-state index < -0.39 is 0 Å². The second-order valence-corrected chi connectivity index (χ2v) is 7.85. The Morgan fingerprint density at radius 2 is 1.96 bits per heavy atom. The molecule has 1 aromatic carbocycles. The third-order valence-electron chi connectivity index (χ3n) is 3.82. The lowest BCUT2D eigenvalue weighted by atomic mass is 9.97. The molecular weight excluding hydrogens is 320 g/mol. The zero-order valence-electron chi connectivity index (χ0n) is 14.7. The van der Waals surface area contributed by atoms with E-state index >= 15 is 0 Å². The number of thioether (sulfide) groups is 1. The molecule has 6 heteroatoms. The minimum atomic E-state index is -0.131. The van der Waals surface area contributed by atoms with Crippen molar-refractivity contribution < 1.29 is 4.52 Å². The molecule has 0 bridgehead atoms. The van der Waals surface area contributed by atoms with Gasteiger partial charge in [-0.3, -0.25) is 4.57 Å². The molecule has 126 valence electrons. The Hall–Kier alpha value is -2.08. The number of aromatic nitrogens is 4. The summed E-state index contributed by atoms with van der Waals surface area (Å²) in [5.41, 5.74) is 3.54. The standard InChI is InChI=1S/C18H22N4OS/c1-12-6-7-14(10-13(12)2)22-9-8-19-17(22)24-11-15-20-16(23-21-15)18(3,4)5/h6-10H,11H2,1-5H3. The van der Waals surface area contributed by atoms with Crippen molar-refractivity contribution in [1.29, 1.82) is 0 Å². The van der Waals surface area contributed by atoms with Gasteiger partial charge < -0.3 is 4.52 Å². The topological polar surface area (TPSA) is 56.7 Å². The maximum atomic E-state index is 5.34. The molecule has 3 aromatic rings. The molecule has 0 spiro atoms. The quantitative estimate of drug-likeness (QED) is 0.655. The Morgan fingerprint density at radius 1 is 1.17 bits per heavy atom. The van der Waals surface area contributed by atoms with Crippen molar-refractivity contribution in [2.24, 2.45) is 0 Å². The summed E-state index contributed by atoms with van der Waals surface area (Å²) in [7, 11) is 0. The second kappa shape index (κ2) is 6.43. The first kappa shape index (κ1) is 16.8. The molecule has 3 rings (SSSR count). The SMILES string of the molecule is Cc1ccc(-n2ccnc2SCc2noc(C(C)(C)C)n2)cc1C. The largest absolute Gasteiger partial charge is 0.339 e. The maximum Gasteiger partial charge on any atom is 0.232 e. The number of hydrogen-bond donors (Lipinski definition) is 0. The van der Waals surface area contributed by atoms with Crippen LogP contribution in [0.2, 0.25) is 0 Å². The highest BCUT2D eigenvalue weighted by atomic mass is 32.2. The van der Waals surface area contributed by atoms with Gasteiger partial charge in [-0.05, 0) is 37.1 Å². The zero-order valence-corrected chi connectivity index (χ0v) is 15.5. The van der Waals surface area contributed by atoms with Gasteiger partial charge in [-0.25, -0.2) is 4.98 Å². The summed E-state index contributed by atoms with van der Waals surface area (Å²) in [6.07, 6.45) is 3.79. The Balaban J connectivity index is 1.76. The number of benzene rings is 1. The van der Waals surface area contributed by atoms with E-state index in [0.29, 0.717) is 17.5 Å². The van der Waals surface area contributed by atoms with Crippen LogP contribution in [0.15, 0.2) is 40.3 Å². The van der Waals surface area contributed by atoms with Crippen molar-refractivity contribution in [2.75, 3.05) is 0 Å². The fraction of sp³-hybridized carbons (Fsp3) is 0.389. The van der Waals surface area contributed by atoms with Crippen LogP contribution >= 0.6 is 11.8 Å². The van der Waals surface area contributed by atoms with E-state index in [9.17, 15) is 0 Å². The van der Waals surface area contributed by atoms with E-state index in [1.807, 2.05) is 12.4 Å². The van der Waals surface area contributed by atoms with E-state index in [-0.39, 0.29) is 5.41 Å². The van der Waals surface area contributed by atoms with E-state index in [1.165, 1.54) is 11.1 Å². The number of imidazole rings is 1. The van der Waals surface area contributed by atoms with Gasteiger partial charge >= 0.3 is 0 Å². The number of aryl methyl sites for hydroxylation is 2. The van der Waals surface area contributed by atoms with Gasteiger partial charge in [0.2, 0.25) is 5.89 Å². The van der Waals surface area contributed by atoms with Crippen LogP contribution in [0.4, 0.5) is 0 Å². The molecule has 0 aliphatic carbocycles. The van der Waals surface area contributed by atoms with Gasteiger partial charge in [0.1, 0.15) is 0 Å². The molecule has 0 amide bonds. The van der Waals surface area contributed by atoms with Crippen LogP contribution in [0.25, 0.3) is 5.69 Å². The van der Waals surface area contributed by atoms with Crippen LogP contribution in [0.1, 0.15) is 43.6 Å². The maximum absolute atomic E-state index is 5.34. The summed E-state index contributed by atoms with van der Waals surface area (Å²) in [5, 5.41) is 4.98.